The van der Waals surface area contributed by atoms with Crippen molar-refractivity contribution < 1.29 is 4.79 Å². The number of H-pyrrole nitrogens is 1. The SMILES string of the molecule is CCc1ccccc1NC(=O)c1c[nH]c2c(C)c(Cl)ccc2c1=O. The van der Waals surface area contributed by atoms with Gasteiger partial charge in [0.2, 0.25) is 5.43 Å². The zero-order valence-electron chi connectivity index (χ0n) is 13.4. The lowest BCUT2D eigenvalue weighted by Crippen LogP contribution is -2.22. The first-order chi connectivity index (χ1) is 11.5. The second-order valence-electron chi connectivity index (χ2n) is 5.59. The van der Waals surface area contributed by atoms with Gasteiger partial charge in [-0.3, -0.25) is 9.59 Å². The molecule has 1 amide bonds. The minimum absolute atomic E-state index is 0.0788. The zero-order chi connectivity index (χ0) is 17.3. The van der Waals surface area contributed by atoms with Crippen LogP contribution in [-0.2, 0) is 6.42 Å². The molecule has 0 radical (unpaired) electrons. The van der Waals surface area contributed by atoms with Crippen LogP contribution in [0.4, 0.5) is 5.69 Å². The Kier molecular flexibility index (Phi) is 4.40. The molecule has 1 heterocycles. The fourth-order valence-electron chi connectivity index (χ4n) is 2.73. The predicted molar refractivity (Wildman–Crippen MR) is 98.1 cm³/mol. The van der Waals surface area contributed by atoms with E-state index in [1.165, 1.54) is 6.20 Å². The molecular weight excluding hydrogens is 324 g/mol. The lowest BCUT2D eigenvalue weighted by atomic mass is 10.1. The van der Waals surface area contributed by atoms with Crippen molar-refractivity contribution in [1.29, 1.82) is 0 Å². The van der Waals surface area contributed by atoms with Crippen LogP contribution in [0.25, 0.3) is 10.9 Å². The first-order valence-electron chi connectivity index (χ1n) is 7.72. The van der Waals surface area contributed by atoms with E-state index in [1.54, 1.807) is 12.1 Å². The summed E-state index contributed by atoms with van der Waals surface area (Å²) in [6, 6.07) is 10.9. The Morgan fingerprint density at radius 1 is 1.21 bits per heavy atom. The van der Waals surface area contributed by atoms with E-state index in [4.69, 9.17) is 11.6 Å². The van der Waals surface area contributed by atoms with Crippen molar-refractivity contribution in [3.05, 3.63) is 74.5 Å². The summed E-state index contributed by atoms with van der Waals surface area (Å²) in [6.07, 6.45) is 2.24. The Bertz CT molecular complexity index is 992. The van der Waals surface area contributed by atoms with Crippen molar-refractivity contribution in [3.63, 3.8) is 0 Å². The molecule has 3 aromatic rings. The standard InChI is InChI=1S/C19H17ClN2O2/c1-3-12-6-4-5-7-16(12)22-19(24)14-10-21-17-11(2)15(20)9-8-13(17)18(14)23/h4-10H,3H2,1-2H3,(H,21,23)(H,22,24). The quantitative estimate of drug-likeness (QED) is 0.746. The fraction of sp³-hybridized carbons (Fsp3) is 0.158. The van der Waals surface area contributed by atoms with Crippen LogP contribution in [0.15, 0.2) is 47.4 Å². The molecule has 2 N–H and O–H groups in total. The number of halogens is 1. The molecule has 24 heavy (non-hydrogen) atoms. The third-order valence-electron chi connectivity index (χ3n) is 4.14. The van der Waals surface area contributed by atoms with Crippen molar-refractivity contribution in [2.24, 2.45) is 0 Å². The smallest absolute Gasteiger partial charge is 0.261 e. The summed E-state index contributed by atoms with van der Waals surface area (Å²) in [5, 5.41) is 3.85. The van der Waals surface area contributed by atoms with Gasteiger partial charge in [-0.05, 0) is 42.7 Å². The molecule has 0 aliphatic heterocycles. The molecule has 0 aliphatic carbocycles. The number of aryl methyl sites for hydroxylation is 2. The van der Waals surface area contributed by atoms with E-state index >= 15 is 0 Å². The molecule has 0 bridgehead atoms. The molecule has 3 rings (SSSR count). The Hall–Kier alpha value is -2.59. The highest BCUT2D eigenvalue weighted by Crippen LogP contribution is 2.22. The number of amides is 1. The van der Waals surface area contributed by atoms with Crippen molar-refractivity contribution in [1.82, 2.24) is 4.98 Å². The molecule has 5 heteroatoms. The number of benzene rings is 2. The van der Waals surface area contributed by atoms with E-state index in [1.807, 2.05) is 38.1 Å². The van der Waals surface area contributed by atoms with Crippen molar-refractivity contribution in [2.75, 3.05) is 5.32 Å². The summed E-state index contributed by atoms with van der Waals surface area (Å²) in [5.41, 5.74) is 2.94. The van der Waals surface area contributed by atoms with Crippen LogP contribution in [0, 0.1) is 6.92 Å². The summed E-state index contributed by atoms with van der Waals surface area (Å²) in [6.45, 7) is 3.85. The first-order valence-corrected chi connectivity index (χ1v) is 8.10. The van der Waals surface area contributed by atoms with Gasteiger partial charge in [-0.25, -0.2) is 0 Å². The molecular formula is C19H17ClN2O2. The minimum Gasteiger partial charge on any atom is -0.360 e. The average molecular weight is 341 g/mol. The van der Waals surface area contributed by atoms with Gasteiger partial charge >= 0.3 is 0 Å². The molecule has 0 spiro atoms. The third-order valence-corrected chi connectivity index (χ3v) is 4.55. The Morgan fingerprint density at radius 2 is 1.96 bits per heavy atom. The number of fused-ring (bicyclic) bond motifs is 1. The number of pyridine rings is 1. The van der Waals surface area contributed by atoms with Crippen LogP contribution < -0.4 is 10.7 Å². The Balaban J connectivity index is 2.03. The summed E-state index contributed by atoms with van der Waals surface area (Å²) in [4.78, 5) is 28.2. The van der Waals surface area contributed by atoms with Crippen LogP contribution in [0.1, 0.15) is 28.4 Å². The van der Waals surface area contributed by atoms with Crippen molar-refractivity contribution in [2.45, 2.75) is 20.3 Å². The summed E-state index contributed by atoms with van der Waals surface area (Å²) < 4.78 is 0. The molecule has 2 aromatic carbocycles. The van der Waals surface area contributed by atoms with Gasteiger partial charge in [-0.15, -0.1) is 0 Å². The number of carbonyl (C=O) groups excluding carboxylic acids is 1. The van der Waals surface area contributed by atoms with Crippen LogP contribution >= 0.6 is 11.6 Å². The molecule has 122 valence electrons. The van der Waals surface area contributed by atoms with Gasteiger partial charge in [0.25, 0.3) is 5.91 Å². The second kappa shape index (κ2) is 6.49. The Morgan fingerprint density at radius 3 is 2.71 bits per heavy atom. The number of nitrogens with one attached hydrogen (secondary N) is 2. The molecule has 1 aromatic heterocycles. The molecule has 4 nitrogen and oxygen atoms in total. The number of anilines is 1. The molecule has 0 unspecified atom stereocenters. The highest BCUT2D eigenvalue weighted by Gasteiger charge is 2.15. The maximum atomic E-state index is 12.7. The van der Waals surface area contributed by atoms with Crippen molar-refractivity contribution in [3.8, 4) is 0 Å². The zero-order valence-corrected chi connectivity index (χ0v) is 14.2. The van der Waals surface area contributed by atoms with E-state index < -0.39 is 5.91 Å². The third kappa shape index (κ3) is 2.81. The topological polar surface area (TPSA) is 62.0 Å². The normalized spacial score (nSPS) is 10.8. The van der Waals surface area contributed by atoms with E-state index in [2.05, 4.69) is 10.3 Å². The van der Waals surface area contributed by atoms with Crippen LogP contribution in [0.3, 0.4) is 0 Å². The molecule has 0 fully saturated rings. The molecule has 0 atom stereocenters. The van der Waals surface area contributed by atoms with E-state index in [-0.39, 0.29) is 11.0 Å². The lowest BCUT2D eigenvalue weighted by Gasteiger charge is -2.10. The van der Waals surface area contributed by atoms with Crippen LogP contribution in [-0.4, -0.2) is 10.9 Å². The number of para-hydroxylation sites is 1. The lowest BCUT2D eigenvalue weighted by molar-refractivity contribution is 0.102. The average Bonchev–Trinajstić information content (AvgIpc) is 2.59. The number of hydrogen-bond donors (Lipinski definition) is 2. The van der Waals surface area contributed by atoms with E-state index in [0.717, 1.165) is 23.2 Å². The largest absolute Gasteiger partial charge is 0.360 e. The van der Waals surface area contributed by atoms with Crippen LogP contribution in [0.5, 0.6) is 0 Å². The summed E-state index contributed by atoms with van der Waals surface area (Å²) >= 11 is 6.08. The van der Waals surface area contributed by atoms with Gasteiger partial charge in [0.1, 0.15) is 5.56 Å². The van der Waals surface area contributed by atoms with Gasteiger partial charge in [-0.2, -0.15) is 0 Å². The van der Waals surface area contributed by atoms with Gasteiger partial charge in [0.15, 0.2) is 0 Å². The number of rotatable bonds is 3. The van der Waals surface area contributed by atoms with E-state index in [9.17, 15) is 9.59 Å². The predicted octanol–water partition coefficient (Wildman–Crippen LogP) is 4.30. The van der Waals surface area contributed by atoms with Gasteiger partial charge in [-0.1, -0.05) is 36.7 Å². The highest BCUT2D eigenvalue weighted by atomic mass is 35.5. The summed E-state index contributed by atoms with van der Waals surface area (Å²) in [7, 11) is 0. The monoisotopic (exact) mass is 340 g/mol. The molecule has 0 aliphatic rings. The number of aromatic amines is 1. The number of carbonyl (C=O) groups is 1. The fourth-order valence-corrected chi connectivity index (χ4v) is 2.88. The number of aromatic nitrogens is 1. The highest BCUT2D eigenvalue weighted by molar-refractivity contribution is 6.32. The van der Waals surface area contributed by atoms with Gasteiger partial charge in [0, 0.05) is 22.3 Å². The molecule has 0 saturated heterocycles. The molecule has 0 saturated carbocycles. The minimum atomic E-state index is -0.424. The summed E-state index contributed by atoms with van der Waals surface area (Å²) in [5.74, 6) is -0.424. The first kappa shape index (κ1) is 16.3. The second-order valence-corrected chi connectivity index (χ2v) is 6.00. The maximum absolute atomic E-state index is 12.7. The Labute approximate surface area is 144 Å². The van der Waals surface area contributed by atoms with E-state index in [0.29, 0.717) is 15.9 Å². The van der Waals surface area contributed by atoms with Crippen molar-refractivity contribution >= 4 is 34.1 Å². The van der Waals surface area contributed by atoms with Crippen LogP contribution in [0.2, 0.25) is 5.02 Å². The van der Waals surface area contributed by atoms with Gasteiger partial charge in [0.05, 0.1) is 5.52 Å². The number of hydrogen-bond acceptors (Lipinski definition) is 2. The van der Waals surface area contributed by atoms with Gasteiger partial charge < -0.3 is 10.3 Å². The maximum Gasteiger partial charge on any atom is 0.261 e.